The molecule has 9 rings (SSSR count). The minimum atomic E-state index is -0.998. The minimum Gasteiger partial charge on any atom is -0.481 e. The first-order valence-electron chi connectivity index (χ1n) is 26.9. The van der Waals surface area contributed by atoms with Crippen LogP contribution in [0.25, 0.3) is 0 Å². The quantitative estimate of drug-likeness (QED) is 0.0649. The SMILES string of the molecule is CC#C[C@@]1(O)CCC2C3CCC4=CC(=O)CCC4=C3[C@H](c3ccc(NCCO[C@H]4CC[C@@]5(C)[C@@H](C4)C[C@@H](OC(=O)CCCCN)[C@@H]4[C@@H]5C[C@H](O)[C@]5(C)[C@@H]([C@H](C)CCC(=O)O)CC[C@@H]45)cc3)C[C@@]21C. The number of aliphatic hydroxyl groups is 2. The molecule has 0 aliphatic heterocycles. The number of ketones is 1. The van der Waals surface area contributed by atoms with Gasteiger partial charge in [0.1, 0.15) is 11.7 Å². The largest absolute Gasteiger partial charge is 0.481 e. The number of benzene rings is 1. The van der Waals surface area contributed by atoms with Crippen molar-refractivity contribution >= 4 is 23.4 Å². The molecule has 0 aromatic heterocycles. The van der Waals surface area contributed by atoms with E-state index in [9.17, 15) is 29.7 Å². The molecule has 6 N–H and O–H groups in total. The van der Waals surface area contributed by atoms with Gasteiger partial charge in [-0.3, -0.25) is 14.4 Å². The molecular weight excluding hydrogens is 853 g/mol. The molecule has 0 spiro atoms. The number of esters is 1. The number of hydrogen-bond acceptors (Lipinski definition) is 9. The van der Waals surface area contributed by atoms with Crippen LogP contribution in [-0.4, -0.2) is 76.7 Å². The molecule has 372 valence electrons. The highest BCUT2D eigenvalue weighted by molar-refractivity contribution is 5.93. The first-order chi connectivity index (χ1) is 32.5. The molecule has 68 heavy (non-hydrogen) atoms. The van der Waals surface area contributed by atoms with Gasteiger partial charge < -0.3 is 35.8 Å². The maximum absolute atomic E-state index is 13.5. The Morgan fingerprint density at radius 1 is 0.941 bits per heavy atom. The van der Waals surface area contributed by atoms with Crippen LogP contribution in [0.3, 0.4) is 0 Å². The summed E-state index contributed by atoms with van der Waals surface area (Å²) < 4.78 is 13.3. The highest BCUT2D eigenvalue weighted by atomic mass is 16.5. The topological polar surface area (TPSA) is 168 Å². The zero-order chi connectivity index (χ0) is 48.2. The maximum atomic E-state index is 13.5. The van der Waals surface area contributed by atoms with Crippen LogP contribution in [0.4, 0.5) is 5.69 Å². The summed E-state index contributed by atoms with van der Waals surface area (Å²) in [7, 11) is 0. The van der Waals surface area contributed by atoms with Crippen LogP contribution < -0.4 is 11.1 Å². The van der Waals surface area contributed by atoms with Crippen molar-refractivity contribution in [1.82, 2.24) is 0 Å². The summed E-state index contributed by atoms with van der Waals surface area (Å²) in [5, 5.41) is 37.5. The van der Waals surface area contributed by atoms with E-state index in [4.69, 9.17) is 15.2 Å². The molecule has 0 saturated heterocycles. The van der Waals surface area contributed by atoms with E-state index in [-0.39, 0.29) is 82.1 Å². The molecule has 10 nitrogen and oxygen atoms in total. The first kappa shape index (κ1) is 49.5. The standard InChI is InChI=1S/C58H82N2O8/c1-6-24-58(66)26-23-46-43-17-13-37-30-40(61)16-18-42(37)53(43)44(34-56(46,58)4)36-11-14-39(15-12-36)60-28-29-67-41-22-25-55(3)38(31-41)32-49(68-52(65)9-7-8-27-59)54-47-20-19-45(35(2)10-21-51(63)64)57(47,5)50(62)33-48(54)55/h11-12,14-15,30,35,38,41,43-50,54,60,62,66H,7-10,13,16-23,25-29,31-34,59H2,1-5H3,(H,63,64)/t35-,38+,41+,43?,44+,45-,46?,47+,48+,49-,50+,54+,55+,56+,57-,58-/m1/s1. The second kappa shape index (κ2) is 19.6. The fraction of sp³-hybridized carbons (Fsp3) is 0.741. The Hall–Kier alpha value is -3.49. The Morgan fingerprint density at radius 2 is 1.74 bits per heavy atom. The highest BCUT2D eigenvalue weighted by Crippen LogP contribution is 2.70. The molecule has 16 atom stereocenters. The number of nitrogens with two attached hydrogens (primary N) is 1. The van der Waals surface area contributed by atoms with E-state index in [1.54, 1.807) is 0 Å². The van der Waals surface area contributed by atoms with Crippen LogP contribution >= 0.6 is 0 Å². The van der Waals surface area contributed by atoms with Crippen molar-refractivity contribution < 1.29 is 39.2 Å². The molecule has 1 aromatic rings. The Balaban J connectivity index is 0.859. The number of hydrogen-bond donors (Lipinski definition) is 5. The summed E-state index contributed by atoms with van der Waals surface area (Å²) in [6.45, 7) is 12.8. The Labute approximate surface area is 406 Å². The van der Waals surface area contributed by atoms with Gasteiger partial charge >= 0.3 is 11.9 Å². The van der Waals surface area contributed by atoms with Crippen molar-refractivity contribution in [1.29, 1.82) is 0 Å². The third kappa shape index (κ3) is 8.74. The van der Waals surface area contributed by atoms with Gasteiger partial charge in [0, 0.05) is 48.7 Å². The van der Waals surface area contributed by atoms with Crippen molar-refractivity contribution in [3.8, 4) is 11.8 Å². The zero-order valence-corrected chi connectivity index (χ0v) is 41.8. The van der Waals surface area contributed by atoms with Gasteiger partial charge in [-0.1, -0.05) is 51.3 Å². The molecule has 8 aliphatic carbocycles. The summed E-state index contributed by atoms with van der Waals surface area (Å²) in [6.07, 6.45) is 16.2. The number of aliphatic carboxylic acids is 1. The fourth-order valence-corrected chi connectivity index (χ4v) is 17.2. The highest BCUT2D eigenvalue weighted by Gasteiger charge is 2.67. The lowest BCUT2D eigenvalue weighted by Crippen LogP contribution is -2.63. The van der Waals surface area contributed by atoms with Crippen molar-refractivity contribution in [3.05, 3.63) is 52.6 Å². The molecule has 0 radical (unpaired) electrons. The van der Waals surface area contributed by atoms with Crippen molar-refractivity contribution in [3.63, 3.8) is 0 Å². The summed E-state index contributed by atoms with van der Waals surface area (Å²) in [6, 6.07) is 8.92. The number of anilines is 1. The van der Waals surface area contributed by atoms with Crippen LogP contribution in [0, 0.1) is 75.4 Å². The number of unbranched alkanes of at least 4 members (excludes halogenated alkanes) is 1. The Bertz CT molecular complexity index is 2190. The zero-order valence-electron chi connectivity index (χ0n) is 41.8. The number of carbonyl (C=O) groups is 3. The van der Waals surface area contributed by atoms with E-state index in [0.29, 0.717) is 69.6 Å². The molecule has 8 aliphatic rings. The smallest absolute Gasteiger partial charge is 0.306 e. The molecule has 2 unspecified atom stereocenters. The first-order valence-corrected chi connectivity index (χ1v) is 26.9. The molecule has 6 saturated carbocycles. The lowest BCUT2D eigenvalue weighted by Gasteiger charge is -2.64. The Morgan fingerprint density at radius 3 is 2.49 bits per heavy atom. The van der Waals surface area contributed by atoms with E-state index >= 15 is 0 Å². The van der Waals surface area contributed by atoms with Gasteiger partial charge in [-0.05, 0) is 203 Å². The average Bonchev–Trinajstić information content (AvgIpc) is 3.80. The van der Waals surface area contributed by atoms with E-state index < -0.39 is 17.7 Å². The fourth-order valence-electron chi connectivity index (χ4n) is 17.2. The molecule has 6 fully saturated rings. The molecule has 0 amide bonds. The minimum absolute atomic E-state index is 0.000492. The monoisotopic (exact) mass is 935 g/mol. The van der Waals surface area contributed by atoms with Gasteiger partial charge in [-0.15, -0.1) is 5.92 Å². The van der Waals surface area contributed by atoms with Gasteiger partial charge in [0.2, 0.25) is 0 Å². The van der Waals surface area contributed by atoms with Crippen LogP contribution in [0.2, 0.25) is 0 Å². The van der Waals surface area contributed by atoms with Crippen molar-refractivity contribution in [2.45, 2.75) is 186 Å². The number of carboxylic acids is 1. The van der Waals surface area contributed by atoms with Crippen LogP contribution in [-0.2, 0) is 23.9 Å². The maximum Gasteiger partial charge on any atom is 0.306 e. The van der Waals surface area contributed by atoms with Crippen molar-refractivity contribution in [2.75, 3.05) is 25.0 Å². The predicted molar refractivity (Wildman–Crippen MR) is 264 cm³/mol. The number of carbonyl (C=O) groups excluding carboxylic acids is 2. The number of fused-ring (bicyclic) bond motifs is 9. The van der Waals surface area contributed by atoms with Crippen LogP contribution in [0.1, 0.15) is 168 Å². The van der Waals surface area contributed by atoms with Crippen molar-refractivity contribution in [2.24, 2.45) is 69.3 Å². The molecule has 0 heterocycles. The second-order valence-electron chi connectivity index (χ2n) is 23.8. The van der Waals surface area contributed by atoms with Gasteiger partial charge in [-0.2, -0.15) is 0 Å². The number of ether oxygens (including phenoxy) is 2. The molecular formula is C58H82N2O8. The van der Waals surface area contributed by atoms with Gasteiger partial charge in [0.25, 0.3) is 0 Å². The van der Waals surface area contributed by atoms with Crippen LogP contribution in [0.15, 0.2) is 47.1 Å². The number of allylic oxidation sites excluding steroid dienone is 4. The van der Waals surface area contributed by atoms with Crippen LogP contribution in [0.5, 0.6) is 0 Å². The number of nitrogens with one attached hydrogen (secondary N) is 1. The van der Waals surface area contributed by atoms with E-state index in [1.165, 1.54) is 22.3 Å². The number of rotatable bonds is 15. The third-order valence-electron chi connectivity index (χ3n) is 20.7. The molecule has 10 heteroatoms. The summed E-state index contributed by atoms with van der Waals surface area (Å²) in [5.74, 6) is 7.96. The van der Waals surface area contributed by atoms with E-state index in [1.807, 2.05) is 13.0 Å². The van der Waals surface area contributed by atoms with Gasteiger partial charge in [0.05, 0.1) is 18.8 Å². The van der Waals surface area contributed by atoms with E-state index in [0.717, 1.165) is 89.2 Å². The lowest BCUT2D eigenvalue weighted by molar-refractivity contribution is -0.218. The second-order valence-corrected chi connectivity index (χ2v) is 23.8. The molecule has 1 aromatic carbocycles. The summed E-state index contributed by atoms with van der Waals surface area (Å²) in [5.41, 5.74) is 10.6. The Kier molecular flexibility index (Phi) is 14.3. The number of carboxylic acid groups (broad SMARTS) is 1. The number of aliphatic hydroxyl groups excluding tert-OH is 1. The van der Waals surface area contributed by atoms with Gasteiger partial charge in [-0.25, -0.2) is 0 Å². The predicted octanol–water partition coefficient (Wildman–Crippen LogP) is 9.92. The molecule has 0 bridgehead atoms. The average molecular weight is 935 g/mol. The van der Waals surface area contributed by atoms with Gasteiger partial charge in [0.15, 0.2) is 5.78 Å². The summed E-state index contributed by atoms with van der Waals surface area (Å²) >= 11 is 0. The van der Waals surface area contributed by atoms with E-state index in [2.05, 4.69) is 69.1 Å². The lowest BCUT2D eigenvalue weighted by atomic mass is 9.43. The normalized spacial score (nSPS) is 40.8. The third-order valence-corrected chi connectivity index (χ3v) is 20.7. The summed E-state index contributed by atoms with van der Waals surface area (Å²) in [4.78, 5) is 37.6.